The van der Waals surface area contributed by atoms with Gasteiger partial charge in [0.15, 0.2) is 0 Å². The van der Waals surface area contributed by atoms with E-state index >= 15 is 0 Å². The van der Waals surface area contributed by atoms with E-state index in [2.05, 4.69) is 55.9 Å². The maximum Gasteiger partial charge on any atom is 0.0662 e. The third-order valence-corrected chi connectivity index (χ3v) is 3.28. The van der Waals surface area contributed by atoms with E-state index in [9.17, 15) is 0 Å². The summed E-state index contributed by atoms with van der Waals surface area (Å²) in [5.41, 5.74) is 4.00. The van der Waals surface area contributed by atoms with Gasteiger partial charge in [0.1, 0.15) is 0 Å². The quantitative estimate of drug-likeness (QED) is 0.766. The SMILES string of the molecule is CC(C)c1ccnc2c1N(C(C)C)C=CCC2. The van der Waals surface area contributed by atoms with Crippen molar-refractivity contribution in [2.45, 2.75) is 52.5 Å². The van der Waals surface area contributed by atoms with Gasteiger partial charge < -0.3 is 4.90 Å². The second kappa shape index (κ2) is 4.91. The Hall–Kier alpha value is -1.31. The third-order valence-electron chi connectivity index (χ3n) is 3.28. The second-order valence-electron chi connectivity index (χ2n) is 5.27. The van der Waals surface area contributed by atoms with Gasteiger partial charge in [0.05, 0.1) is 11.4 Å². The molecule has 1 aliphatic heterocycles. The minimum Gasteiger partial charge on any atom is -0.344 e. The highest BCUT2D eigenvalue weighted by Crippen LogP contribution is 2.33. The number of fused-ring (bicyclic) bond motifs is 1. The smallest absolute Gasteiger partial charge is 0.0662 e. The van der Waals surface area contributed by atoms with Crippen molar-refractivity contribution in [1.82, 2.24) is 4.98 Å². The molecule has 0 radical (unpaired) electrons. The van der Waals surface area contributed by atoms with Gasteiger partial charge >= 0.3 is 0 Å². The molecule has 0 amide bonds. The Bertz CT molecular complexity index is 419. The monoisotopic (exact) mass is 230 g/mol. The molecule has 17 heavy (non-hydrogen) atoms. The van der Waals surface area contributed by atoms with E-state index in [0.717, 1.165) is 12.8 Å². The predicted molar refractivity (Wildman–Crippen MR) is 73.4 cm³/mol. The number of aryl methyl sites for hydroxylation is 1. The van der Waals surface area contributed by atoms with Crippen molar-refractivity contribution in [1.29, 1.82) is 0 Å². The molecule has 1 aliphatic rings. The van der Waals surface area contributed by atoms with Crippen molar-refractivity contribution >= 4 is 5.69 Å². The maximum atomic E-state index is 4.57. The molecular formula is C15H22N2. The summed E-state index contributed by atoms with van der Waals surface area (Å²) < 4.78 is 0. The van der Waals surface area contributed by atoms with Crippen LogP contribution in [0.2, 0.25) is 0 Å². The number of allylic oxidation sites excluding steroid dienone is 1. The first-order chi connectivity index (χ1) is 8.11. The lowest BCUT2D eigenvalue weighted by Gasteiger charge is -2.29. The highest BCUT2D eigenvalue weighted by atomic mass is 15.1. The lowest BCUT2D eigenvalue weighted by atomic mass is 9.99. The van der Waals surface area contributed by atoms with E-state index in [4.69, 9.17) is 0 Å². The Labute approximate surface area is 104 Å². The van der Waals surface area contributed by atoms with Gasteiger partial charge in [-0.15, -0.1) is 0 Å². The van der Waals surface area contributed by atoms with E-state index in [1.807, 2.05) is 6.20 Å². The average molecular weight is 230 g/mol. The number of hydrogen-bond donors (Lipinski definition) is 0. The summed E-state index contributed by atoms with van der Waals surface area (Å²) >= 11 is 0. The van der Waals surface area contributed by atoms with Crippen LogP contribution < -0.4 is 4.90 Å². The lowest BCUT2D eigenvalue weighted by Crippen LogP contribution is -2.26. The lowest BCUT2D eigenvalue weighted by molar-refractivity contribution is 0.758. The first-order valence-corrected chi connectivity index (χ1v) is 6.54. The van der Waals surface area contributed by atoms with Crippen molar-refractivity contribution in [2.75, 3.05) is 4.90 Å². The molecule has 0 saturated carbocycles. The molecule has 2 heteroatoms. The third kappa shape index (κ3) is 2.36. The van der Waals surface area contributed by atoms with Gasteiger partial charge in [-0.3, -0.25) is 4.98 Å². The second-order valence-corrected chi connectivity index (χ2v) is 5.27. The van der Waals surface area contributed by atoms with Crippen LogP contribution in [0.5, 0.6) is 0 Å². The van der Waals surface area contributed by atoms with Gasteiger partial charge in [-0.2, -0.15) is 0 Å². The normalized spacial score (nSPS) is 15.3. The predicted octanol–water partition coefficient (Wildman–Crippen LogP) is 3.88. The standard InChI is InChI=1S/C15H22N2/c1-11(2)13-8-9-16-14-7-5-6-10-17(12(3)4)15(13)14/h6,8-12H,5,7H2,1-4H3. The number of pyridine rings is 1. The summed E-state index contributed by atoms with van der Waals surface area (Å²) in [5.74, 6) is 0.541. The number of rotatable bonds is 2. The highest BCUT2D eigenvalue weighted by molar-refractivity contribution is 5.61. The Balaban J connectivity index is 2.57. The van der Waals surface area contributed by atoms with Crippen LogP contribution in [0.25, 0.3) is 0 Å². The molecule has 2 nitrogen and oxygen atoms in total. The van der Waals surface area contributed by atoms with Gasteiger partial charge in [-0.1, -0.05) is 19.9 Å². The van der Waals surface area contributed by atoms with Crippen LogP contribution in [-0.2, 0) is 6.42 Å². The topological polar surface area (TPSA) is 16.1 Å². The van der Waals surface area contributed by atoms with E-state index in [1.165, 1.54) is 16.9 Å². The molecule has 92 valence electrons. The van der Waals surface area contributed by atoms with E-state index in [0.29, 0.717) is 12.0 Å². The minimum atomic E-state index is 0.477. The van der Waals surface area contributed by atoms with Crippen LogP contribution in [0, 0.1) is 0 Å². The summed E-state index contributed by atoms with van der Waals surface area (Å²) in [7, 11) is 0. The Morgan fingerprint density at radius 3 is 2.65 bits per heavy atom. The fourth-order valence-corrected chi connectivity index (χ4v) is 2.37. The zero-order chi connectivity index (χ0) is 12.4. The number of hydrogen-bond acceptors (Lipinski definition) is 2. The van der Waals surface area contributed by atoms with Gasteiger partial charge in [0.2, 0.25) is 0 Å². The van der Waals surface area contributed by atoms with Crippen molar-refractivity contribution in [3.8, 4) is 0 Å². The van der Waals surface area contributed by atoms with E-state index < -0.39 is 0 Å². The zero-order valence-corrected chi connectivity index (χ0v) is 11.3. The summed E-state index contributed by atoms with van der Waals surface area (Å²) in [6.45, 7) is 8.97. The fraction of sp³-hybridized carbons (Fsp3) is 0.533. The van der Waals surface area contributed by atoms with Crippen molar-refractivity contribution < 1.29 is 0 Å². The molecule has 2 heterocycles. The average Bonchev–Trinajstić information content (AvgIpc) is 2.50. The van der Waals surface area contributed by atoms with Gasteiger partial charge in [-0.25, -0.2) is 0 Å². The van der Waals surface area contributed by atoms with E-state index in [1.54, 1.807) is 0 Å². The Morgan fingerprint density at radius 2 is 2.00 bits per heavy atom. The van der Waals surface area contributed by atoms with Crippen LogP contribution >= 0.6 is 0 Å². The van der Waals surface area contributed by atoms with Gasteiger partial charge in [-0.05, 0) is 44.2 Å². The van der Waals surface area contributed by atoms with Gasteiger partial charge in [0, 0.05) is 18.4 Å². The van der Waals surface area contributed by atoms with Crippen molar-refractivity contribution in [3.63, 3.8) is 0 Å². The molecule has 0 spiro atoms. The summed E-state index contributed by atoms with van der Waals surface area (Å²) in [4.78, 5) is 6.94. The summed E-state index contributed by atoms with van der Waals surface area (Å²) in [6.07, 6.45) is 8.58. The molecule has 0 aromatic carbocycles. The van der Waals surface area contributed by atoms with Crippen LogP contribution in [0.1, 0.15) is 51.3 Å². The van der Waals surface area contributed by atoms with E-state index in [-0.39, 0.29) is 0 Å². The first kappa shape index (κ1) is 12.2. The molecule has 0 aliphatic carbocycles. The van der Waals surface area contributed by atoms with Crippen LogP contribution in [0.3, 0.4) is 0 Å². The molecule has 2 rings (SSSR count). The highest BCUT2D eigenvalue weighted by Gasteiger charge is 2.20. The Morgan fingerprint density at radius 1 is 1.24 bits per heavy atom. The number of aromatic nitrogens is 1. The van der Waals surface area contributed by atoms with Crippen molar-refractivity contribution in [3.05, 3.63) is 35.8 Å². The number of anilines is 1. The summed E-state index contributed by atoms with van der Waals surface area (Å²) in [6, 6.07) is 2.64. The molecule has 0 bridgehead atoms. The fourth-order valence-electron chi connectivity index (χ4n) is 2.37. The molecule has 0 unspecified atom stereocenters. The van der Waals surface area contributed by atoms with Crippen LogP contribution in [0.4, 0.5) is 5.69 Å². The van der Waals surface area contributed by atoms with Crippen LogP contribution in [0.15, 0.2) is 24.5 Å². The van der Waals surface area contributed by atoms with Crippen molar-refractivity contribution in [2.24, 2.45) is 0 Å². The van der Waals surface area contributed by atoms with Crippen LogP contribution in [-0.4, -0.2) is 11.0 Å². The largest absolute Gasteiger partial charge is 0.344 e. The molecule has 0 atom stereocenters. The number of nitrogens with zero attached hydrogens (tertiary/aromatic N) is 2. The molecule has 1 aromatic heterocycles. The maximum absolute atomic E-state index is 4.57. The zero-order valence-electron chi connectivity index (χ0n) is 11.3. The first-order valence-electron chi connectivity index (χ1n) is 6.54. The molecule has 1 aromatic rings. The Kier molecular flexibility index (Phi) is 3.51. The molecule has 0 fully saturated rings. The molecule has 0 saturated heterocycles. The molecular weight excluding hydrogens is 208 g/mol. The molecule has 0 N–H and O–H groups in total. The summed E-state index contributed by atoms with van der Waals surface area (Å²) in [5, 5.41) is 0. The minimum absolute atomic E-state index is 0.477. The van der Waals surface area contributed by atoms with Gasteiger partial charge in [0.25, 0.3) is 0 Å².